The largest absolute Gasteiger partial charge is 0.301 e. The van der Waals surface area contributed by atoms with Gasteiger partial charge in [0, 0.05) is 18.5 Å². The Morgan fingerprint density at radius 2 is 1.96 bits per heavy atom. The van der Waals surface area contributed by atoms with Crippen LogP contribution in [0.25, 0.3) is 11.5 Å². The van der Waals surface area contributed by atoms with E-state index < -0.39 is 0 Å². The minimum atomic E-state index is 0.674. The van der Waals surface area contributed by atoms with Crippen LogP contribution < -0.4 is 0 Å². The molecule has 0 aliphatic heterocycles. The third-order valence-electron chi connectivity index (χ3n) is 3.38. The number of hydrogen-bond acceptors (Lipinski definition) is 5. The average Bonchev–Trinajstić information content (AvgIpc) is 3.04. The Morgan fingerprint density at radius 3 is 2.61 bits per heavy atom. The van der Waals surface area contributed by atoms with Gasteiger partial charge in [-0.1, -0.05) is 30.0 Å². The maximum atomic E-state index is 8.83. The molecule has 0 spiro atoms. The van der Waals surface area contributed by atoms with Gasteiger partial charge in [0.2, 0.25) is 0 Å². The predicted molar refractivity (Wildman–Crippen MR) is 89.6 cm³/mol. The number of nitrogens with zero attached hydrogens (tertiary/aromatic N) is 5. The van der Waals surface area contributed by atoms with Crippen LogP contribution in [0.2, 0.25) is 0 Å². The van der Waals surface area contributed by atoms with E-state index in [1.54, 1.807) is 18.0 Å². The molecule has 114 valence electrons. The van der Waals surface area contributed by atoms with Crippen LogP contribution in [0.5, 0.6) is 0 Å². The maximum Gasteiger partial charge on any atom is 0.191 e. The van der Waals surface area contributed by atoms with Gasteiger partial charge in [0.15, 0.2) is 11.0 Å². The number of hydrogen-bond donors (Lipinski definition) is 0. The van der Waals surface area contributed by atoms with Gasteiger partial charge in [0.25, 0.3) is 0 Å². The van der Waals surface area contributed by atoms with Gasteiger partial charge in [-0.05, 0) is 36.8 Å². The summed E-state index contributed by atoms with van der Waals surface area (Å²) < 4.78 is 2.07. The molecule has 6 heteroatoms. The van der Waals surface area contributed by atoms with E-state index in [1.807, 2.05) is 42.5 Å². The molecule has 2 heterocycles. The van der Waals surface area contributed by atoms with Crippen LogP contribution in [-0.2, 0) is 12.3 Å². The number of benzene rings is 1. The van der Waals surface area contributed by atoms with E-state index in [-0.39, 0.29) is 0 Å². The monoisotopic (exact) mass is 321 g/mol. The second-order valence-electron chi connectivity index (χ2n) is 4.86. The number of pyridine rings is 1. The molecule has 0 unspecified atom stereocenters. The van der Waals surface area contributed by atoms with Gasteiger partial charge in [0.1, 0.15) is 5.69 Å². The Balaban J connectivity index is 1.78. The molecular formula is C17H15N5S. The molecule has 0 saturated carbocycles. The predicted octanol–water partition coefficient (Wildman–Crippen LogP) is 3.52. The second-order valence-corrected chi connectivity index (χ2v) is 5.81. The lowest BCUT2D eigenvalue weighted by atomic mass is 10.2. The summed E-state index contributed by atoms with van der Waals surface area (Å²) in [5.41, 5.74) is 2.65. The smallest absolute Gasteiger partial charge is 0.191 e. The van der Waals surface area contributed by atoms with Gasteiger partial charge in [0.05, 0.1) is 11.6 Å². The Bertz CT molecular complexity index is 818. The fraction of sp³-hybridized carbons (Fsp3) is 0.176. The summed E-state index contributed by atoms with van der Waals surface area (Å²) >= 11 is 1.63. The van der Waals surface area contributed by atoms with Crippen LogP contribution in [0, 0.1) is 11.3 Å². The van der Waals surface area contributed by atoms with Gasteiger partial charge in [-0.15, -0.1) is 10.2 Å². The molecule has 0 aliphatic rings. The first-order chi connectivity index (χ1) is 11.3. The zero-order chi connectivity index (χ0) is 16.1. The fourth-order valence-corrected chi connectivity index (χ4v) is 3.15. The van der Waals surface area contributed by atoms with E-state index in [9.17, 15) is 0 Å². The zero-order valence-corrected chi connectivity index (χ0v) is 13.5. The van der Waals surface area contributed by atoms with Crippen LogP contribution >= 0.6 is 11.8 Å². The zero-order valence-electron chi connectivity index (χ0n) is 12.7. The SMILES string of the molecule is CCn1c(SCc2ccc(C#N)cc2)nnc1-c1ccccn1. The van der Waals surface area contributed by atoms with Crippen LogP contribution in [-0.4, -0.2) is 19.7 Å². The molecule has 0 fully saturated rings. The highest BCUT2D eigenvalue weighted by molar-refractivity contribution is 7.98. The lowest BCUT2D eigenvalue weighted by Gasteiger charge is -2.06. The summed E-state index contributed by atoms with van der Waals surface area (Å²) in [5, 5.41) is 18.3. The molecule has 5 nitrogen and oxygen atoms in total. The van der Waals surface area contributed by atoms with Crippen LogP contribution in [0.4, 0.5) is 0 Å². The van der Waals surface area contributed by atoms with Crippen molar-refractivity contribution in [1.29, 1.82) is 5.26 Å². The van der Waals surface area contributed by atoms with Crippen molar-refractivity contribution in [2.45, 2.75) is 24.4 Å². The summed E-state index contributed by atoms with van der Waals surface area (Å²) in [4.78, 5) is 4.35. The fourth-order valence-electron chi connectivity index (χ4n) is 2.19. The highest BCUT2D eigenvalue weighted by Gasteiger charge is 2.13. The Morgan fingerprint density at radius 1 is 1.13 bits per heavy atom. The third-order valence-corrected chi connectivity index (χ3v) is 4.42. The first-order valence-corrected chi connectivity index (χ1v) is 8.27. The lowest BCUT2D eigenvalue weighted by Crippen LogP contribution is -2.00. The van der Waals surface area contributed by atoms with Crippen molar-refractivity contribution in [2.75, 3.05) is 0 Å². The summed E-state index contributed by atoms with van der Waals surface area (Å²) in [6.07, 6.45) is 1.76. The van der Waals surface area contributed by atoms with E-state index in [0.29, 0.717) is 5.56 Å². The van der Waals surface area contributed by atoms with E-state index in [2.05, 4.69) is 32.7 Å². The topological polar surface area (TPSA) is 67.4 Å². The molecular weight excluding hydrogens is 306 g/mol. The maximum absolute atomic E-state index is 8.83. The van der Waals surface area contributed by atoms with Gasteiger partial charge in [-0.25, -0.2) is 0 Å². The average molecular weight is 321 g/mol. The molecule has 0 radical (unpaired) electrons. The summed E-state index contributed by atoms with van der Waals surface area (Å²) in [6, 6.07) is 15.5. The van der Waals surface area contributed by atoms with E-state index in [0.717, 1.165) is 34.5 Å². The normalized spacial score (nSPS) is 10.4. The molecule has 1 aromatic carbocycles. The van der Waals surface area contributed by atoms with Crippen molar-refractivity contribution in [1.82, 2.24) is 19.7 Å². The third kappa shape index (κ3) is 3.41. The molecule has 0 amide bonds. The molecule has 0 aliphatic carbocycles. The number of nitriles is 1. The van der Waals surface area contributed by atoms with E-state index in [1.165, 1.54) is 0 Å². The first-order valence-electron chi connectivity index (χ1n) is 7.28. The van der Waals surface area contributed by atoms with Crippen LogP contribution in [0.1, 0.15) is 18.1 Å². The van der Waals surface area contributed by atoms with Gasteiger partial charge < -0.3 is 4.57 Å². The van der Waals surface area contributed by atoms with Crippen molar-refractivity contribution in [3.05, 3.63) is 59.8 Å². The van der Waals surface area contributed by atoms with Crippen LogP contribution in [0.15, 0.2) is 53.8 Å². The van der Waals surface area contributed by atoms with Crippen molar-refractivity contribution >= 4 is 11.8 Å². The number of rotatable bonds is 5. The van der Waals surface area contributed by atoms with Gasteiger partial charge in [-0.2, -0.15) is 5.26 Å². The highest BCUT2D eigenvalue weighted by Crippen LogP contribution is 2.25. The Kier molecular flexibility index (Phi) is 4.69. The van der Waals surface area contributed by atoms with E-state index in [4.69, 9.17) is 5.26 Å². The minimum absolute atomic E-state index is 0.674. The van der Waals surface area contributed by atoms with Crippen molar-refractivity contribution in [3.63, 3.8) is 0 Å². The Labute approximate surface area is 139 Å². The van der Waals surface area contributed by atoms with Crippen molar-refractivity contribution < 1.29 is 0 Å². The van der Waals surface area contributed by atoms with Crippen molar-refractivity contribution in [3.8, 4) is 17.6 Å². The molecule has 3 aromatic rings. The lowest BCUT2D eigenvalue weighted by molar-refractivity contribution is 0.686. The molecule has 23 heavy (non-hydrogen) atoms. The minimum Gasteiger partial charge on any atom is -0.301 e. The first kappa shape index (κ1) is 15.3. The molecule has 0 N–H and O–H groups in total. The van der Waals surface area contributed by atoms with Gasteiger partial charge in [-0.3, -0.25) is 4.98 Å². The quantitative estimate of drug-likeness (QED) is 0.673. The second kappa shape index (κ2) is 7.07. The molecule has 0 bridgehead atoms. The molecule has 0 atom stereocenters. The Hall–Kier alpha value is -2.65. The highest BCUT2D eigenvalue weighted by atomic mass is 32.2. The van der Waals surface area contributed by atoms with Crippen LogP contribution in [0.3, 0.4) is 0 Å². The number of aromatic nitrogens is 4. The molecule has 3 rings (SSSR count). The summed E-state index contributed by atoms with van der Waals surface area (Å²) in [5.74, 6) is 1.57. The summed E-state index contributed by atoms with van der Waals surface area (Å²) in [7, 11) is 0. The van der Waals surface area contributed by atoms with Crippen molar-refractivity contribution in [2.24, 2.45) is 0 Å². The standard InChI is InChI=1S/C17H15N5S/c1-2-22-16(15-5-3-4-10-19-15)20-21-17(22)23-12-14-8-6-13(11-18)7-9-14/h3-10H,2,12H2,1H3. The summed E-state index contributed by atoms with van der Waals surface area (Å²) in [6.45, 7) is 2.86. The number of thioether (sulfide) groups is 1. The van der Waals surface area contributed by atoms with E-state index >= 15 is 0 Å². The molecule has 0 saturated heterocycles. The molecule has 2 aromatic heterocycles. The van der Waals surface area contributed by atoms with Gasteiger partial charge >= 0.3 is 0 Å².